The summed E-state index contributed by atoms with van der Waals surface area (Å²) >= 11 is 1.78. The van der Waals surface area contributed by atoms with Crippen LogP contribution in [0.25, 0.3) is 10.1 Å². The van der Waals surface area contributed by atoms with Gasteiger partial charge in [0.15, 0.2) is 0 Å². The van der Waals surface area contributed by atoms with Crippen molar-refractivity contribution in [3.05, 3.63) is 29.1 Å². The highest BCUT2D eigenvalue weighted by atomic mass is 32.1. The van der Waals surface area contributed by atoms with Crippen LogP contribution in [0.2, 0.25) is 0 Å². The van der Waals surface area contributed by atoms with Gasteiger partial charge in [-0.05, 0) is 54.5 Å². The van der Waals surface area contributed by atoms with Gasteiger partial charge >= 0.3 is 0 Å². The van der Waals surface area contributed by atoms with Crippen molar-refractivity contribution in [1.82, 2.24) is 5.32 Å². The zero-order valence-corrected chi connectivity index (χ0v) is 9.86. The molecule has 0 saturated carbocycles. The van der Waals surface area contributed by atoms with E-state index in [2.05, 4.69) is 28.9 Å². The fraction of sp³-hybridized carbons (Fsp3) is 0.333. The number of likely N-dealkylation sites (N-methyl/N-ethyl adjacent to an activating group) is 1. The highest BCUT2D eigenvalue weighted by molar-refractivity contribution is 7.17. The lowest BCUT2D eigenvalue weighted by Gasteiger charge is -2.08. The SMILES string of the molecule is CNCCc1cc2sccc2cc1OC. The molecule has 0 bridgehead atoms. The lowest BCUT2D eigenvalue weighted by atomic mass is 10.1. The summed E-state index contributed by atoms with van der Waals surface area (Å²) in [6.07, 6.45) is 1.01. The lowest BCUT2D eigenvalue weighted by molar-refractivity contribution is 0.410. The number of fused-ring (bicyclic) bond motifs is 1. The quantitative estimate of drug-likeness (QED) is 0.857. The molecule has 0 aliphatic carbocycles. The van der Waals surface area contributed by atoms with Gasteiger partial charge in [0.2, 0.25) is 0 Å². The molecule has 2 aromatic rings. The van der Waals surface area contributed by atoms with Crippen molar-refractivity contribution in [2.24, 2.45) is 0 Å². The van der Waals surface area contributed by atoms with Gasteiger partial charge in [-0.15, -0.1) is 11.3 Å². The zero-order chi connectivity index (χ0) is 10.7. The Morgan fingerprint density at radius 2 is 2.27 bits per heavy atom. The Morgan fingerprint density at radius 3 is 3.00 bits per heavy atom. The van der Waals surface area contributed by atoms with Crippen LogP contribution in [0, 0.1) is 0 Å². The minimum Gasteiger partial charge on any atom is -0.496 e. The van der Waals surface area contributed by atoms with E-state index < -0.39 is 0 Å². The Hall–Kier alpha value is -1.06. The maximum absolute atomic E-state index is 5.40. The molecule has 3 heteroatoms. The molecule has 0 unspecified atom stereocenters. The Morgan fingerprint density at radius 1 is 1.40 bits per heavy atom. The van der Waals surface area contributed by atoms with Crippen molar-refractivity contribution in [1.29, 1.82) is 0 Å². The smallest absolute Gasteiger partial charge is 0.122 e. The van der Waals surface area contributed by atoms with Crippen molar-refractivity contribution < 1.29 is 4.74 Å². The van der Waals surface area contributed by atoms with Crippen molar-refractivity contribution in [3.63, 3.8) is 0 Å². The maximum Gasteiger partial charge on any atom is 0.122 e. The number of rotatable bonds is 4. The van der Waals surface area contributed by atoms with E-state index in [0.29, 0.717) is 0 Å². The van der Waals surface area contributed by atoms with Crippen LogP contribution in [-0.2, 0) is 6.42 Å². The molecule has 1 heterocycles. The molecule has 15 heavy (non-hydrogen) atoms. The molecular weight excluding hydrogens is 206 g/mol. The average molecular weight is 221 g/mol. The minimum atomic E-state index is 0.979. The summed E-state index contributed by atoms with van der Waals surface area (Å²) in [6, 6.07) is 6.48. The number of hydrogen-bond donors (Lipinski definition) is 1. The summed E-state index contributed by atoms with van der Waals surface area (Å²) in [6.45, 7) is 0.979. The fourth-order valence-electron chi connectivity index (χ4n) is 1.68. The number of hydrogen-bond acceptors (Lipinski definition) is 3. The van der Waals surface area contributed by atoms with Crippen LogP contribution in [0.15, 0.2) is 23.6 Å². The molecule has 0 radical (unpaired) electrons. The number of nitrogens with one attached hydrogen (secondary N) is 1. The van der Waals surface area contributed by atoms with Crippen molar-refractivity contribution in [2.45, 2.75) is 6.42 Å². The molecule has 0 atom stereocenters. The van der Waals surface area contributed by atoms with Gasteiger partial charge in [0.25, 0.3) is 0 Å². The van der Waals surface area contributed by atoms with E-state index >= 15 is 0 Å². The summed E-state index contributed by atoms with van der Waals surface area (Å²) in [4.78, 5) is 0. The average Bonchev–Trinajstić information content (AvgIpc) is 2.71. The van der Waals surface area contributed by atoms with Crippen LogP contribution < -0.4 is 10.1 Å². The van der Waals surface area contributed by atoms with Crippen molar-refractivity contribution in [3.8, 4) is 5.75 Å². The van der Waals surface area contributed by atoms with Gasteiger partial charge in [0.1, 0.15) is 5.75 Å². The summed E-state index contributed by atoms with van der Waals surface area (Å²) in [5.74, 6) is 0.996. The van der Waals surface area contributed by atoms with Gasteiger partial charge in [-0.2, -0.15) is 0 Å². The van der Waals surface area contributed by atoms with E-state index in [1.165, 1.54) is 15.6 Å². The van der Waals surface area contributed by atoms with E-state index in [9.17, 15) is 0 Å². The van der Waals surface area contributed by atoms with Crippen LogP contribution in [0.1, 0.15) is 5.56 Å². The van der Waals surface area contributed by atoms with Crippen LogP contribution in [-0.4, -0.2) is 20.7 Å². The second kappa shape index (κ2) is 4.64. The third-order valence-corrected chi connectivity index (χ3v) is 3.38. The van der Waals surface area contributed by atoms with Gasteiger partial charge in [-0.3, -0.25) is 0 Å². The predicted molar refractivity (Wildman–Crippen MR) is 66.0 cm³/mol. The van der Waals surface area contributed by atoms with Gasteiger partial charge < -0.3 is 10.1 Å². The highest BCUT2D eigenvalue weighted by Gasteiger charge is 2.05. The number of methoxy groups -OCH3 is 1. The Balaban J connectivity index is 2.40. The van der Waals surface area contributed by atoms with E-state index in [4.69, 9.17) is 4.74 Å². The van der Waals surface area contributed by atoms with Gasteiger partial charge in [0, 0.05) is 4.70 Å². The summed E-state index contributed by atoms with van der Waals surface area (Å²) < 4.78 is 6.73. The largest absolute Gasteiger partial charge is 0.496 e. The normalized spacial score (nSPS) is 10.8. The topological polar surface area (TPSA) is 21.3 Å². The number of thiophene rings is 1. The molecule has 0 aliphatic rings. The molecule has 1 N–H and O–H groups in total. The Bertz CT molecular complexity index is 450. The molecule has 2 nitrogen and oxygen atoms in total. The molecule has 0 amide bonds. The zero-order valence-electron chi connectivity index (χ0n) is 9.04. The Kier molecular flexibility index (Phi) is 3.23. The first-order valence-electron chi connectivity index (χ1n) is 5.04. The van der Waals surface area contributed by atoms with E-state index in [1.807, 2.05) is 7.05 Å². The fourth-order valence-corrected chi connectivity index (χ4v) is 2.51. The van der Waals surface area contributed by atoms with Crippen LogP contribution in [0.3, 0.4) is 0 Å². The van der Waals surface area contributed by atoms with E-state index in [1.54, 1.807) is 18.4 Å². The third-order valence-electron chi connectivity index (χ3n) is 2.50. The summed E-state index contributed by atoms with van der Waals surface area (Å²) in [7, 11) is 3.70. The molecule has 1 aromatic carbocycles. The first-order valence-corrected chi connectivity index (χ1v) is 5.92. The van der Waals surface area contributed by atoms with Gasteiger partial charge in [-0.1, -0.05) is 0 Å². The molecule has 1 aromatic heterocycles. The molecule has 0 saturated heterocycles. The van der Waals surface area contributed by atoms with Crippen LogP contribution in [0.4, 0.5) is 0 Å². The first-order chi connectivity index (χ1) is 7.35. The predicted octanol–water partition coefficient (Wildman–Crippen LogP) is 2.67. The van der Waals surface area contributed by atoms with Crippen molar-refractivity contribution >= 4 is 21.4 Å². The van der Waals surface area contributed by atoms with Crippen molar-refractivity contribution in [2.75, 3.05) is 20.7 Å². The Labute approximate surface area is 93.9 Å². The highest BCUT2D eigenvalue weighted by Crippen LogP contribution is 2.29. The summed E-state index contributed by atoms with van der Waals surface area (Å²) in [5.41, 5.74) is 1.28. The standard InChI is InChI=1S/C12H15NOS/c1-13-5-3-9-8-12-10(4-6-15-12)7-11(9)14-2/h4,6-8,13H,3,5H2,1-2H3. The minimum absolute atomic E-state index is 0.979. The van der Waals surface area contributed by atoms with Crippen LogP contribution >= 0.6 is 11.3 Å². The number of benzene rings is 1. The molecular formula is C12H15NOS. The number of ether oxygens (including phenoxy) is 1. The lowest BCUT2D eigenvalue weighted by Crippen LogP contribution is -2.10. The molecule has 80 valence electrons. The molecule has 0 spiro atoms. The first kappa shape index (κ1) is 10.5. The monoisotopic (exact) mass is 221 g/mol. The second-order valence-corrected chi connectivity index (χ2v) is 4.42. The molecule has 2 rings (SSSR count). The van der Waals surface area contributed by atoms with Gasteiger partial charge in [0.05, 0.1) is 7.11 Å². The third kappa shape index (κ3) is 2.13. The van der Waals surface area contributed by atoms with E-state index in [-0.39, 0.29) is 0 Å². The molecule has 0 fully saturated rings. The van der Waals surface area contributed by atoms with Gasteiger partial charge in [-0.25, -0.2) is 0 Å². The van der Waals surface area contributed by atoms with Crippen LogP contribution in [0.5, 0.6) is 5.75 Å². The molecule has 0 aliphatic heterocycles. The van der Waals surface area contributed by atoms with E-state index in [0.717, 1.165) is 18.7 Å². The second-order valence-electron chi connectivity index (χ2n) is 3.48. The maximum atomic E-state index is 5.40. The summed E-state index contributed by atoms with van der Waals surface area (Å²) in [5, 5.41) is 6.54.